The Morgan fingerprint density at radius 3 is 1.06 bits per heavy atom. The molecule has 0 aliphatic rings. The van der Waals surface area contributed by atoms with E-state index in [4.69, 9.17) is 9.47 Å². The molecule has 0 bridgehead atoms. The van der Waals surface area contributed by atoms with Crippen LogP contribution in [0.3, 0.4) is 0 Å². The first kappa shape index (κ1) is 26.4. The highest BCUT2D eigenvalue weighted by Crippen LogP contribution is 2.23. The van der Waals surface area contributed by atoms with Gasteiger partial charge in [-0.05, 0) is 72.8 Å². The fourth-order valence-electron chi connectivity index (χ4n) is 2.61. The number of benzene rings is 3. The summed E-state index contributed by atoms with van der Waals surface area (Å²) in [4.78, 5) is 24.5. The van der Waals surface area contributed by atoms with Crippen molar-refractivity contribution < 1.29 is 54.9 Å². The quantitative estimate of drug-likeness (QED) is 0.208. The number of rotatable bonds is 8. The number of hydrogen-bond donors (Lipinski definition) is 0. The molecule has 190 valence electrons. The van der Waals surface area contributed by atoms with Gasteiger partial charge in [-0.1, -0.05) is 0 Å². The van der Waals surface area contributed by atoms with Crippen LogP contribution in [0, 0.1) is 0 Å². The molecule has 6 nitrogen and oxygen atoms in total. The predicted octanol–water partition coefficient (Wildman–Crippen LogP) is 6.01. The van der Waals surface area contributed by atoms with E-state index >= 15 is 0 Å². The summed E-state index contributed by atoms with van der Waals surface area (Å²) in [7, 11) is 0. The summed E-state index contributed by atoms with van der Waals surface area (Å²) in [6.45, 7) is -2.91. The van der Waals surface area contributed by atoms with E-state index in [0.717, 1.165) is 0 Å². The number of alkyl halides is 6. The highest BCUT2D eigenvalue weighted by Gasteiger charge is 2.29. The molecule has 3 rings (SSSR count). The Hall–Kier alpha value is -4.22. The number of halogens is 6. The average molecular weight is 514 g/mol. The van der Waals surface area contributed by atoms with Gasteiger partial charge in [0.2, 0.25) is 0 Å². The van der Waals surface area contributed by atoms with Crippen molar-refractivity contribution in [3.05, 3.63) is 83.9 Å². The van der Waals surface area contributed by atoms with E-state index in [1.807, 2.05) is 0 Å². The molecule has 0 aromatic heterocycles. The number of hydrogen-bond acceptors (Lipinski definition) is 6. The molecule has 3 aromatic carbocycles. The third-order valence-electron chi connectivity index (χ3n) is 4.23. The van der Waals surface area contributed by atoms with Crippen molar-refractivity contribution >= 4 is 11.9 Å². The van der Waals surface area contributed by atoms with Crippen LogP contribution in [-0.2, 0) is 0 Å². The van der Waals surface area contributed by atoms with Crippen molar-refractivity contribution in [2.24, 2.45) is 0 Å². The minimum Gasteiger partial charge on any atom is -0.484 e. The first-order valence-corrected chi connectivity index (χ1v) is 10.0. The maximum absolute atomic E-state index is 12.3. The molecule has 0 heterocycles. The first-order chi connectivity index (χ1) is 16.9. The van der Waals surface area contributed by atoms with Gasteiger partial charge in [-0.3, -0.25) is 0 Å². The van der Waals surface area contributed by atoms with E-state index in [0.29, 0.717) is 0 Å². The van der Waals surface area contributed by atoms with Crippen molar-refractivity contribution in [1.82, 2.24) is 0 Å². The van der Waals surface area contributed by atoms with E-state index < -0.39 is 37.5 Å². The number of esters is 2. The van der Waals surface area contributed by atoms with Crippen molar-refractivity contribution in [3.8, 4) is 23.0 Å². The van der Waals surface area contributed by atoms with Gasteiger partial charge in [0.15, 0.2) is 13.2 Å². The smallest absolute Gasteiger partial charge is 0.422 e. The maximum Gasteiger partial charge on any atom is 0.422 e. The molecular formula is C24H16F6O6. The Bertz CT molecular complexity index is 1080. The lowest BCUT2D eigenvalue weighted by Crippen LogP contribution is -2.19. The van der Waals surface area contributed by atoms with Gasteiger partial charge in [-0.25, -0.2) is 9.59 Å². The molecule has 0 amide bonds. The molecule has 0 N–H and O–H groups in total. The number of ether oxygens (including phenoxy) is 4. The van der Waals surface area contributed by atoms with Crippen LogP contribution < -0.4 is 18.9 Å². The van der Waals surface area contributed by atoms with Gasteiger partial charge in [-0.15, -0.1) is 0 Å². The lowest BCUT2D eigenvalue weighted by molar-refractivity contribution is -0.154. The van der Waals surface area contributed by atoms with Gasteiger partial charge in [0.05, 0.1) is 11.1 Å². The fraction of sp³-hybridized carbons (Fsp3) is 0.167. The predicted molar refractivity (Wildman–Crippen MR) is 112 cm³/mol. The molecule has 36 heavy (non-hydrogen) atoms. The summed E-state index contributed by atoms with van der Waals surface area (Å²) in [6.07, 6.45) is -8.97. The van der Waals surface area contributed by atoms with Crippen molar-refractivity contribution in [1.29, 1.82) is 0 Å². The number of carbonyl (C=O) groups excluding carboxylic acids is 2. The van der Waals surface area contributed by atoms with Crippen LogP contribution in [0.1, 0.15) is 20.7 Å². The second-order valence-corrected chi connectivity index (χ2v) is 7.11. The SMILES string of the molecule is O=C(Oc1ccc(OCC(F)(F)F)cc1)c1ccc(C(=O)Oc2ccc(OCC(F)(F)F)cc2)cc1. The lowest BCUT2D eigenvalue weighted by Gasteiger charge is -2.10. The van der Waals surface area contributed by atoms with Gasteiger partial charge < -0.3 is 18.9 Å². The van der Waals surface area contributed by atoms with Crippen LogP contribution in [0.25, 0.3) is 0 Å². The van der Waals surface area contributed by atoms with Crippen molar-refractivity contribution in [2.45, 2.75) is 12.4 Å². The zero-order chi connectivity index (χ0) is 26.3. The van der Waals surface area contributed by atoms with Gasteiger partial charge in [0, 0.05) is 0 Å². The Balaban J connectivity index is 1.53. The highest BCUT2D eigenvalue weighted by molar-refractivity contribution is 5.94. The normalized spacial score (nSPS) is 11.5. The van der Waals surface area contributed by atoms with Crippen LogP contribution in [0.2, 0.25) is 0 Å². The standard InChI is InChI=1S/C24H16F6O6/c25-23(26,27)13-33-17-5-9-19(10-6-17)35-21(31)15-1-2-16(4-3-15)22(32)36-20-11-7-18(8-12-20)34-14-24(28,29)30/h1-12H,13-14H2. The van der Waals surface area contributed by atoms with Gasteiger partial charge in [-0.2, -0.15) is 26.3 Å². The Morgan fingerprint density at radius 2 is 0.778 bits per heavy atom. The molecule has 0 unspecified atom stereocenters. The molecule has 12 heteroatoms. The molecule has 0 fully saturated rings. The van der Waals surface area contributed by atoms with Gasteiger partial charge >= 0.3 is 24.3 Å². The molecule has 3 aromatic rings. The van der Waals surface area contributed by atoms with Gasteiger partial charge in [0.25, 0.3) is 0 Å². The molecule has 0 radical (unpaired) electrons. The minimum atomic E-state index is -4.48. The summed E-state index contributed by atoms with van der Waals surface area (Å²) in [6, 6.07) is 15.1. The zero-order valence-electron chi connectivity index (χ0n) is 18.1. The highest BCUT2D eigenvalue weighted by atomic mass is 19.4. The van der Waals surface area contributed by atoms with Crippen molar-refractivity contribution in [2.75, 3.05) is 13.2 Å². The fourth-order valence-corrected chi connectivity index (χ4v) is 2.61. The minimum absolute atomic E-state index is 0.0570. The summed E-state index contributed by atoms with van der Waals surface area (Å²) in [5, 5.41) is 0. The van der Waals surface area contributed by atoms with E-state index in [9.17, 15) is 35.9 Å². The molecule has 0 spiro atoms. The maximum atomic E-state index is 12.3. The summed E-state index contributed by atoms with van der Waals surface area (Å²) >= 11 is 0. The molecular weight excluding hydrogens is 498 g/mol. The zero-order valence-corrected chi connectivity index (χ0v) is 18.1. The largest absolute Gasteiger partial charge is 0.484 e. The molecule has 0 saturated carbocycles. The second-order valence-electron chi connectivity index (χ2n) is 7.11. The van der Waals surface area contributed by atoms with Crippen LogP contribution in [0.5, 0.6) is 23.0 Å². The third kappa shape index (κ3) is 8.53. The summed E-state index contributed by atoms with van der Waals surface area (Å²) in [5.74, 6) is -1.56. The Morgan fingerprint density at radius 1 is 0.500 bits per heavy atom. The second kappa shape index (κ2) is 11.0. The van der Waals surface area contributed by atoms with Crippen LogP contribution in [0.4, 0.5) is 26.3 Å². The van der Waals surface area contributed by atoms with E-state index in [2.05, 4.69) is 9.47 Å². The number of carbonyl (C=O) groups is 2. The van der Waals surface area contributed by atoms with E-state index in [-0.39, 0.29) is 34.1 Å². The topological polar surface area (TPSA) is 71.1 Å². The van der Waals surface area contributed by atoms with Crippen LogP contribution >= 0.6 is 0 Å². The molecule has 0 atom stereocenters. The summed E-state index contributed by atoms with van der Waals surface area (Å²) < 4.78 is 92.5. The van der Waals surface area contributed by atoms with Crippen LogP contribution in [0.15, 0.2) is 72.8 Å². The van der Waals surface area contributed by atoms with Crippen LogP contribution in [-0.4, -0.2) is 37.5 Å². The van der Waals surface area contributed by atoms with E-state index in [1.165, 1.54) is 72.8 Å². The Labute approximate surface area is 200 Å². The molecule has 0 aliphatic heterocycles. The first-order valence-electron chi connectivity index (χ1n) is 10.0. The van der Waals surface area contributed by atoms with E-state index in [1.54, 1.807) is 0 Å². The Kier molecular flexibility index (Phi) is 8.07. The third-order valence-corrected chi connectivity index (χ3v) is 4.23. The molecule has 0 aliphatic carbocycles. The summed E-state index contributed by atoms with van der Waals surface area (Å²) in [5.41, 5.74) is 0.158. The average Bonchev–Trinajstić information content (AvgIpc) is 2.82. The van der Waals surface area contributed by atoms with Gasteiger partial charge in [0.1, 0.15) is 23.0 Å². The van der Waals surface area contributed by atoms with Crippen molar-refractivity contribution in [3.63, 3.8) is 0 Å². The molecule has 0 saturated heterocycles. The monoisotopic (exact) mass is 514 g/mol. The lowest BCUT2D eigenvalue weighted by atomic mass is 10.1.